The Labute approximate surface area is 142 Å². The summed E-state index contributed by atoms with van der Waals surface area (Å²) < 4.78 is 41.4. The highest BCUT2D eigenvalue weighted by Crippen LogP contribution is 2.32. The first-order valence-electron chi connectivity index (χ1n) is 8.45. The summed E-state index contributed by atoms with van der Waals surface area (Å²) in [5, 5.41) is 0. The molecule has 0 radical (unpaired) electrons. The average molecular weight is 334 g/mol. The van der Waals surface area contributed by atoms with Crippen LogP contribution in [0.3, 0.4) is 0 Å². The second kappa shape index (κ2) is 7.42. The van der Waals surface area contributed by atoms with Crippen LogP contribution in [0.2, 0.25) is 0 Å². The maximum Gasteiger partial charge on any atom is 0.129 e. The van der Waals surface area contributed by atoms with Crippen LogP contribution in [0.4, 0.5) is 13.2 Å². The minimum absolute atomic E-state index is 0.282. The van der Waals surface area contributed by atoms with Gasteiger partial charge in [0.05, 0.1) is 0 Å². The summed E-state index contributed by atoms with van der Waals surface area (Å²) in [6.45, 7) is 8.08. The van der Waals surface area contributed by atoms with Gasteiger partial charge in [-0.2, -0.15) is 0 Å². The Hall–Kier alpha value is -1.77. The van der Waals surface area contributed by atoms with Gasteiger partial charge in [0.1, 0.15) is 17.5 Å². The first kappa shape index (κ1) is 18.6. The van der Waals surface area contributed by atoms with E-state index in [4.69, 9.17) is 0 Å². The fourth-order valence-electron chi connectivity index (χ4n) is 3.00. The second-order valence-corrected chi connectivity index (χ2v) is 7.33. The van der Waals surface area contributed by atoms with E-state index in [0.717, 1.165) is 24.5 Å². The third-order valence-electron chi connectivity index (χ3n) is 4.69. The Morgan fingerprint density at radius 2 is 1.67 bits per heavy atom. The van der Waals surface area contributed by atoms with Gasteiger partial charge in [0.15, 0.2) is 0 Å². The van der Waals surface area contributed by atoms with Crippen LogP contribution in [0.1, 0.15) is 50.8 Å². The molecule has 130 valence electrons. The zero-order chi connectivity index (χ0) is 17.9. The Morgan fingerprint density at radius 3 is 2.29 bits per heavy atom. The van der Waals surface area contributed by atoms with Crippen LogP contribution in [0.25, 0.3) is 0 Å². The first-order chi connectivity index (χ1) is 11.2. The molecule has 24 heavy (non-hydrogen) atoms. The molecule has 0 amide bonds. The Bertz CT molecular complexity index is 704. The highest BCUT2D eigenvalue weighted by molar-refractivity contribution is 5.33. The summed E-state index contributed by atoms with van der Waals surface area (Å²) >= 11 is 0. The minimum atomic E-state index is -0.601. The molecule has 0 spiro atoms. The molecule has 0 aliphatic rings. The Morgan fingerprint density at radius 1 is 0.958 bits per heavy atom. The third-order valence-corrected chi connectivity index (χ3v) is 4.69. The summed E-state index contributed by atoms with van der Waals surface area (Å²) in [5.41, 5.74) is 1.47. The number of hydrogen-bond donors (Lipinski definition) is 0. The maximum absolute atomic E-state index is 14.4. The van der Waals surface area contributed by atoms with Gasteiger partial charge in [-0.1, -0.05) is 52.3 Å². The van der Waals surface area contributed by atoms with Gasteiger partial charge < -0.3 is 0 Å². The molecule has 0 bridgehead atoms. The SMILES string of the molecule is CCC(C)Cc1ccc(F)c(C(C)(C)Cc2ccc(F)cc2F)c1. The molecule has 0 N–H and O–H groups in total. The summed E-state index contributed by atoms with van der Waals surface area (Å²) in [4.78, 5) is 0. The molecule has 2 aromatic rings. The van der Waals surface area contributed by atoms with Crippen molar-refractivity contribution in [1.82, 2.24) is 0 Å². The fraction of sp³-hybridized carbons (Fsp3) is 0.429. The van der Waals surface area contributed by atoms with Gasteiger partial charge in [-0.05, 0) is 53.0 Å². The van der Waals surface area contributed by atoms with Crippen LogP contribution in [0, 0.1) is 23.4 Å². The second-order valence-electron chi connectivity index (χ2n) is 7.33. The molecule has 3 heteroatoms. The zero-order valence-electron chi connectivity index (χ0n) is 14.8. The highest BCUT2D eigenvalue weighted by atomic mass is 19.1. The fourth-order valence-corrected chi connectivity index (χ4v) is 3.00. The molecule has 0 heterocycles. The van der Waals surface area contributed by atoms with Gasteiger partial charge in [-0.15, -0.1) is 0 Å². The largest absolute Gasteiger partial charge is 0.207 e. The lowest BCUT2D eigenvalue weighted by Gasteiger charge is -2.27. The predicted octanol–water partition coefficient (Wildman–Crippen LogP) is 6.21. The van der Waals surface area contributed by atoms with Crippen molar-refractivity contribution >= 4 is 0 Å². The van der Waals surface area contributed by atoms with Crippen LogP contribution in [-0.2, 0) is 18.3 Å². The van der Waals surface area contributed by atoms with Gasteiger partial charge in [0.2, 0.25) is 0 Å². The van der Waals surface area contributed by atoms with E-state index in [1.807, 2.05) is 26.0 Å². The van der Waals surface area contributed by atoms with Gasteiger partial charge in [-0.3, -0.25) is 0 Å². The van der Waals surface area contributed by atoms with E-state index in [-0.39, 0.29) is 5.82 Å². The van der Waals surface area contributed by atoms with E-state index in [9.17, 15) is 13.2 Å². The van der Waals surface area contributed by atoms with Crippen molar-refractivity contribution in [2.24, 2.45) is 5.92 Å². The van der Waals surface area contributed by atoms with Crippen molar-refractivity contribution in [2.45, 2.75) is 52.4 Å². The monoisotopic (exact) mass is 334 g/mol. The minimum Gasteiger partial charge on any atom is -0.207 e. The van der Waals surface area contributed by atoms with Crippen LogP contribution in [-0.4, -0.2) is 0 Å². The lowest BCUT2D eigenvalue weighted by atomic mass is 9.78. The van der Waals surface area contributed by atoms with Gasteiger partial charge in [0, 0.05) is 6.07 Å². The third kappa shape index (κ3) is 4.40. The summed E-state index contributed by atoms with van der Waals surface area (Å²) in [6, 6.07) is 8.76. The molecular formula is C21H25F3. The highest BCUT2D eigenvalue weighted by Gasteiger charge is 2.26. The van der Waals surface area contributed by atoms with Crippen molar-refractivity contribution in [3.63, 3.8) is 0 Å². The van der Waals surface area contributed by atoms with E-state index >= 15 is 0 Å². The summed E-state index contributed by atoms with van der Waals surface area (Å²) in [6.07, 6.45) is 2.27. The zero-order valence-corrected chi connectivity index (χ0v) is 14.8. The molecule has 0 saturated carbocycles. The lowest BCUT2D eigenvalue weighted by Crippen LogP contribution is -2.23. The quantitative estimate of drug-likeness (QED) is 0.589. The normalized spacial score (nSPS) is 13.1. The van der Waals surface area contributed by atoms with Crippen molar-refractivity contribution < 1.29 is 13.2 Å². The van der Waals surface area contributed by atoms with E-state index in [0.29, 0.717) is 23.5 Å². The standard InChI is InChI=1S/C21H25F3/c1-5-14(2)10-15-6-9-19(23)18(11-15)21(3,4)13-16-7-8-17(22)12-20(16)24/h6-9,11-12,14H,5,10,13H2,1-4H3. The topological polar surface area (TPSA) is 0 Å². The van der Waals surface area contributed by atoms with Gasteiger partial charge in [-0.25, -0.2) is 13.2 Å². The van der Waals surface area contributed by atoms with Crippen LogP contribution in [0.5, 0.6) is 0 Å². The molecule has 0 nitrogen and oxygen atoms in total. The van der Waals surface area contributed by atoms with Gasteiger partial charge >= 0.3 is 0 Å². The van der Waals surface area contributed by atoms with E-state index in [2.05, 4.69) is 13.8 Å². The molecule has 2 aromatic carbocycles. The van der Waals surface area contributed by atoms with Crippen LogP contribution < -0.4 is 0 Å². The van der Waals surface area contributed by atoms with Crippen molar-refractivity contribution in [3.05, 3.63) is 70.5 Å². The van der Waals surface area contributed by atoms with Crippen LogP contribution >= 0.6 is 0 Å². The molecule has 2 rings (SSSR count). The number of halogens is 3. The number of benzene rings is 2. The Balaban J connectivity index is 2.32. The van der Waals surface area contributed by atoms with E-state index < -0.39 is 17.0 Å². The molecule has 1 unspecified atom stereocenters. The molecule has 1 atom stereocenters. The molecule has 0 fully saturated rings. The van der Waals surface area contributed by atoms with E-state index in [1.165, 1.54) is 18.2 Å². The van der Waals surface area contributed by atoms with Gasteiger partial charge in [0.25, 0.3) is 0 Å². The molecular weight excluding hydrogens is 309 g/mol. The summed E-state index contributed by atoms with van der Waals surface area (Å²) in [5.74, 6) is -0.939. The van der Waals surface area contributed by atoms with Crippen molar-refractivity contribution in [1.29, 1.82) is 0 Å². The smallest absolute Gasteiger partial charge is 0.129 e. The average Bonchev–Trinajstić information content (AvgIpc) is 2.51. The first-order valence-corrected chi connectivity index (χ1v) is 8.45. The van der Waals surface area contributed by atoms with E-state index in [1.54, 1.807) is 0 Å². The summed E-state index contributed by atoms with van der Waals surface area (Å²) in [7, 11) is 0. The van der Waals surface area contributed by atoms with Crippen LogP contribution in [0.15, 0.2) is 36.4 Å². The molecule has 0 saturated heterocycles. The molecule has 0 aromatic heterocycles. The van der Waals surface area contributed by atoms with Crippen molar-refractivity contribution in [2.75, 3.05) is 0 Å². The number of rotatable bonds is 6. The molecule has 0 aliphatic carbocycles. The predicted molar refractivity (Wildman–Crippen MR) is 92.6 cm³/mol. The number of hydrogen-bond acceptors (Lipinski definition) is 0. The van der Waals surface area contributed by atoms with Crippen molar-refractivity contribution in [3.8, 4) is 0 Å². The maximum atomic E-state index is 14.4. The lowest BCUT2D eigenvalue weighted by molar-refractivity contribution is 0.464. The Kier molecular flexibility index (Phi) is 5.74. The molecule has 0 aliphatic heterocycles.